The lowest BCUT2D eigenvalue weighted by atomic mass is 10.1. The molecule has 2 rings (SSSR count). The van der Waals surface area contributed by atoms with E-state index in [0.717, 1.165) is 0 Å². The largest absolute Gasteiger partial charge is 0.449 e. The Kier molecular flexibility index (Phi) is 4.32. The zero-order valence-electron chi connectivity index (χ0n) is 11.8. The van der Waals surface area contributed by atoms with Gasteiger partial charge in [0.1, 0.15) is 5.52 Å². The standard InChI is InChI=1S/C14H15N3O4/c1-3-16(14(18)21-4-2)12-8-7-11(17(19)20)10-6-5-9-15-13(10)12/h5-9H,3-4H2,1-2H3. The maximum absolute atomic E-state index is 12.0. The number of aromatic nitrogens is 1. The summed E-state index contributed by atoms with van der Waals surface area (Å²) in [5.74, 6) is 0. The molecule has 0 spiro atoms. The molecule has 0 aliphatic rings. The predicted molar refractivity (Wildman–Crippen MR) is 78.4 cm³/mol. The highest BCUT2D eigenvalue weighted by atomic mass is 16.6. The lowest BCUT2D eigenvalue weighted by Crippen LogP contribution is -2.31. The summed E-state index contributed by atoms with van der Waals surface area (Å²) in [4.78, 5) is 28.2. The van der Waals surface area contributed by atoms with Crippen LogP contribution in [0.5, 0.6) is 0 Å². The van der Waals surface area contributed by atoms with Crippen LogP contribution in [-0.4, -0.2) is 29.2 Å². The van der Waals surface area contributed by atoms with Gasteiger partial charge in [0.05, 0.1) is 22.6 Å². The van der Waals surface area contributed by atoms with E-state index in [2.05, 4.69) is 4.98 Å². The van der Waals surface area contributed by atoms with Gasteiger partial charge in [-0.2, -0.15) is 0 Å². The maximum Gasteiger partial charge on any atom is 0.414 e. The molecule has 0 bridgehead atoms. The van der Waals surface area contributed by atoms with E-state index in [1.54, 1.807) is 26.0 Å². The number of carbonyl (C=O) groups is 1. The second-order valence-electron chi connectivity index (χ2n) is 4.20. The zero-order chi connectivity index (χ0) is 15.4. The van der Waals surface area contributed by atoms with Gasteiger partial charge in [-0.05, 0) is 32.0 Å². The molecule has 7 nitrogen and oxygen atoms in total. The van der Waals surface area contributed by atoms with Gasteiger partial charge in [-0.25, -0.2) is 4.79 Å². The van der Waals surface area contributed by atoms with Gasteiger partial charge >= 0.3 is 6.09 Å². The van der Waals surface area contributed by atoms with Crippen molar-refractivity contribution in [3.63, 3.8) is 0 Å². The van der Waals surface area contributed by atoms with Crippen LogP contribution in [0.1, 0.15) is 13.8 Å². The number of carbonyl (C=O) groups excluding carboxylic acids is 1. The number of hydrogen-bond acceptors (Lipinski definition) is 5. The second kappa shape index (κ2) is 6.17. The molecule has 0 aliphatic heterocycles. The summed E-state index contributed by atoms with van der Waals surface area (Å²) < 4.78 is 5.00. The minimum Gasteiger partial charge on any atom is -0.449 e. The van der Waals surface area contributed by atoms with Crippen LogP contribution in [0.4, 0.5) is 16.2 Å². The molecule has 0 aliphatic carbocycles. The number of anilines is 1. The molecule has 1 aromatic carbocycles. The van der Waals surface area contributed by atoms with Crippen molar-refractivity contribution in [2.45, 2.75) is 13.8 Å². The van der Waals surface area contributed by atoms with Crippen LogP contribution in [0, 0.1) is 10.1 Å². The highest BCUT2D eigenvalue weighted by molar-refractivity contribution is 6.02. The molecular weight excluding hydrogens is 274 g/mol. The van der Waals surface area contributed by atoms with E-state index < -0.39 is 11.0 Å². The number of nitrogens with zero attached hydrogens (tertiary/aromatic N) is 3. The van der Waals surface area contributed by atoms with E-state index in [-0.39, 0.29) is 12.3 Å². The first-order valence-electron chi connectivity index (χ1n) is 6.56. The molecule has 21 heavy (non-hydrogen) atoms. The Bertz CT molecular complexity index is 687. The van der Waals surface area contributed by atoms with E-state index in [1.807, 2.05) is 0 Å². The summed E-state index contributed by atoms with van der Waals surface area (Å²) in [6.45, 7) is 4.15. The molecule has 0 atom stereocenters. The molecular formula is C14H15N3O4. The summed E-state index contributed by atoms with van der Waals surface area (Å²) in [6, 6.07) is 6.14. The average molecular weight is 289 g/mol. The van der Waals surface area contributed by atoms with E-state index in [0.29, 0.717) is 23.1 Å². The van der Waals surface area contributed by atoms with Crippen molar-refractivity contribution in [3.8, 4) is 0 Å². The lowest BCUT2D eigenvalue weighted by molar-refractivity contribution is -0.383. The topological polar surface area (TPSA) is 85.6 Å². The fourth-order valence-corrected chi connectivity index (χ4v) is 2.12. The van der Waals surface area contributed by atoms with Gasteiger partial charge in [0.2, 0.25) is 0 Å². The number of rotatable bonds is 4. The molecule has 0 N–H and O–H groups in total. The summed E-state index contributed by atoms with van der Waals surface area (Å²) in [7, 11) is 0. The molecule has 7 heteroatoms. The van der Waals surface area contributed by atoms with Gasteiger partial charge in [-0.1, -0.05) is 0 Å². The van der Waals surface area contributed by atoms with Crippen molar-refractivity contribution in [2.75, 3.05) is 18.1 Å². The Morgan fingerprint density at radius 1 is 1.38 bits per heavy atom. The number of benzene rings is 1. The van der Waals surface area contributed by atoms with Crippen LogP contribution in [0.2, 0.25) is 0 Å². The number of fused-ring (bicyclic) bond motifs is 1. The Morgan fingerprint density at radius 3 is 2.76 bits per heavy atom. The number of pyridine rings is 1. The number of amides is 1. The minimum absolute atomic E-state index is 0.0400. The van der Waals surface area contributed by atoms with Crippen molar-refractivity contribution < 1.29 is 14.5 Å². The maximum atomic E-state index is 12.0. The van der Waals surface area contributed by atoms with Crippen molar-refractivity contribution in [3.05, 3.63) is 40.6 Å². The second-order valence-corrected chi connectivity index (χ2v) is 4.20. The highest BCUT2D eigenvalue weighted by Crippen LogP contribution is 2.32. The molecule has 1 amide bonds. The Hall–Kier alpha value is -2.70. The Morgan fingerprint density at radius 2 is 2.14 bits per heavy atom. The van der Waals surface area contributed by atoms with Crippen molar-refractivity contribution in [1.29, 1.82) is 0 Å². The predicted octanol–water partition coefficient (Wildman–Crippen LogP) is 3.13. The molecule has 0 saturated carbocycles. The summed E-state index contributed by atoms with van der Waals surface area (Å²) >= 11 is 0. The smallest absolute Gasteiger partial charge is 0.414 e. The number of hydrogen-bond donors (Lipinski definition) is 0. The van der Waals surface area contributed by atoms with Crippen LogP contribution in [-0.2, 0) is 4.74 Å². The number of non-ortho nitro benzene ring substituents is 1. The zero-order valence-corrected chi connectivity index (χ0v) is 11.8. The SMILES string of the molecule is CCOC(=O)N(CC)c1ccc([N+](=O)[O-])c2cccnc12. The summed E-state index contributed by atoms with van der Waals surface area (Å²) in [5.41, 5.74) is 0.862. The van der Waals surface area contributed by atoms with Gasteiger partial charge in [0.25, 0.3) is 5.69 Å². The number of ether oxygens (including phenoxy) is 1. The van der Waals surface area contributed by atoms with E-state index in [1.165, 1.54) is 23.2 Å². The van der Waals surface area contributed by atoms with Crippen LogP contribution in [0.3, 0.4) is 0 Å². The van der Waals surface area contributed by atoms with Crippen LogP contribution < -0.4 is 4.90 Å². The monoisotopic (exact) mass is 289 g/mol. The quantitative estimate of drug-likeness (QED) is 0.637. The third-order valence-corrected chi connectivity index (χ3v) is 3.02. The van der Waals surface area contributed by atoms with Crippen LogP contribution in [0.15, 0.2) is 30.5 Å². The molecule has 0 saturated heterocycles. The number of nitro benzene ring substituents is 1. The van der Waals surface area contributed by atoms with Crippen LogP contribution >= 0.6 is 0 Å². The fourth-order valence-electron chi connectivity index (χ4n) is 2.12. The first kappa shape index (κ1) is 14.7. The Balaban J connectivity index is 2.62. The van der Waals surface area contributed by atoms with Gasteiger partial charge in [-0.3, -0.25) is 20.0 Å². The van der Waals surface area contributed by atoms with E-state index in [4.69, 9.17) is 4.74 Å². The van der Waals surface area contributed by atoms with Gasteiger partial charge in [-0.15, -0.1) is 0 Å². The van der Waals surface area contributed by atoms with Crippen molar-refractivity contribution >= 4 is 28.4 Å². The summed E-state index contributed by atoms with van der Waals surface area (Å²) in [5, 5.41) is 11.5. The van der Waals surface area contributed by atoms with Crippen LogP contribution in [0.25, 0.3) is 10.9 Å². The molecule has 0 fully saturated rings. The molecule has 1 heterocycles. The average Bonchev–Trinajstić information content (AvgIpc) is 2.48. The number of nitro groups is 1. The molecule has 1 aromatic heterocycles. The van der Waals surface area contributed by atoms with Gasteiger partial charge in [0.15, 0.2) is 0 Å². The molecule has 2 aromatic rings. The van der Waals surface area contributed by atoms with Crippen molar-refractivity contribution in [2.24, 2.45) is 0 Å². The molecule has 0 radical (unpaired) electrons. The highest BCUT2D eigenvalue weighted by Gasteiger charge is 2.22. The molecule has 110 valence electrons. The Labute approximate surface area is 121 Å². The minimum atomic E-state index is -0.499. The van der Waals surface area contributed by atoms with Gasteiger partial charge < -0.3 is 4.74 Å². The lowest BCUT2D eigenvalue weighted by Gasteiger charge is -2.21. The van der Waals surface area contributed by atoms with Crippen molar-refractivity contribution in [1.82, 2.24) is 4.98 Å². The normalized spacial score (nSPS) is 10.4. The van der Waals surface area contributed by atoms with Gasteiger partial charge in [0, 0.05) is 18.8 Å². The third kappa shape index (κ3) is 2.76. The third-order valence-electron chi connectivity index (χ3n) is 3.02. The fraction of sp³-hybridized carbons (Fsp3) is 0.286. The molecule has 0 unspecified atom stereocenters. The first-order chi connectivity index (χ1) is 10.1. The van der Waals surface area contributed by atoms with E-state index in [9.17, 15) is 14.9 Å². The first-order valence-corrected chi connectivity index (χ1v) is 6.56. The van der Waals surface area contributed by atoms with E-state index >= 15 is 0 Å². The summed E-state index contributed by atoms with van der Waals surface area (Å²) in [6.07, 6.45) is 1.04.